The molecular formula is C19H19FN6O3. The average Bonchev–Trinajstić information content (AvgIpc) is 3.34. The van der Waals surface area contributed by atoms with Gasteiger partial charge in [0.1, 0.15) is 11.5 Å². The van der Waals surface area contributed by atoms with Crippen molar-refractivity contribution in [2.24, 2.45) is 7.05 Å². The fraction of sp³-hybridized carbons (Fsp3) is 0.316. The molecule has 4 rings (SSSR count). The number of piperidine rings is 1. The second kappa shape index (κ2) is 7.82. The van der Waals surface area contributed by atoms with E-state index in [0.717, 1.165) is 6.42 Å². The first-order valence-electron chi connectivity index (χ1n) is 9.17. The first-order valence-corrected chi connectivity index (χ1v) is 9.17. The lowest BCUT2D eigenvalue weighted by Crippen LogP contribution is -2.33. The predicted molar refractivity (Wildman–Crippen MR) is 99.1 cm³/mol. The van der Waals surface area contributed by atoms with Crippen LogP contribution in [0.3, 0.4) is 0 Å². The van der Waals surface area contributed by atoms with Crippen molar-refractivity contribution in [3.63, 3.8) is 0 Å². The molecule has 2 aromatic heterocycles. The molecule has 1 atom stereocenters. The number of carbonyl (C=O) groups excluding carboxylic acids is 2. The summed E-state index contributed by atoms with van der Waals surface area (Å²) < 4.78 is 19.7. The molecule has 1 fully saturated rings. The Balaban J connectivity index is 1.40. The maximum atomic E-state index is 13.1. The van der Waals surface area contributed by atoms with Gasteiger partial charge in [0.05, 0.1) is 12.2 Å². The summed E-state index contributed by atoms with van der Waals surface area (Å²) in [5.74, 6) is -0.0644. The summed E-state index contributed by atoms with van der Waals surface area (Å²) in [4.78, 5) is 28.3. The molecule has 1 aromatic carbocycles. The topological polar surface area (TPSA) is 115 Å². The molecule has 0 saturated carbocycles. The maximum absolute atomic E-state index is 13.1. The third-order valence-electron chi connectivity index (χ3n) is 4.75. The van der Waals surface area contributed by atoms with E-state index in [1.165, 1.54) is 16.8 Å². The second-order valence-corrected chi connectivity index (χ2v) is 6.81. The number of aromatic nitrogens is 4. The van der Waals surface area contributed by atoms with Gasteiger partial charge in [0.2, 0.25) is 11.8 Å². The lowest BCUT2D eigenvalue weighted by Gasteiger charge is -2.18. The zero-order chi connectivity index (χ0) is 20.4. The first kappa shape index (κ1) is 18.8. The van der Waals surface area contributed by atoms with Crippen LogP contribution < -0.4 is 10.6 Å². The Morgan fingerprint density at radius 1 is 1.38 bits per heavy atom. The van der Waals surface area contributed by atoms with Gasteiger partial charge in [-0.3, -0.25) is 14.3 Å². The fourth-order valence-corrected chi connectivity index (χ4v) is 3.20. The SMILES string of the molecule is Cn1nc(-c2ccc(F)cc2)cc1C(=O)NCc1nc(C2CCNC(=O)C2)no1. The Kier molecular flexibility index (Phi) is 5.07. The number of nitrogens with zero attached hydrogens (tertiary/aromatic N) is 4. The average molecular weight is 398 g/mol. The lowest BCUT2D eigenvalue weighted by atomic mass is 9.97. The quantitative estimate of drug-likeness (QED) is 0.674. The van der Waals surface area contributed by atoms with E-state index in [4.69, 9.17) is 4.52 Å². The molecule has 1 saturated heterocycles. The molecule has 150 valence electrons. The monoisotopic (exact) mass is 398 g/mol. The summed E-state index contributed by atoms with van der Waals surface area (Å²) in [6.45, 7) is 0.642. The first-order chi connectivity index (χ1) is 14.0. The van der Waals surface area contributed by atoms with Gasteiger partial charge < -0.3 is 15.2 Å². The highest BCUT2D eigenvalue weighted by Crippen LogP contribution is 2.23. The highest BCUT2D eigenvalue weighted by Gasteiger charge is 2.25. The predicted octanol–water partition coefficient (Wildman–Crippen LogP) is 1.53. The van der Waals surface area contributed by atoms with Gasteiger partial charge in [0.15, 0.2) is 5.82 Å². The minimum Gasteiger partial charge on any atom is -0.356 e. The highest BCUT2D eigenvalue weighted by atomic mass is 19.1. The molecule has 0 spiro atoms. The standard InChI is InChI=1S/C19H19FN6O3/c1-26-15(9-14(24-26)11-2-4-13(20)5-3-11)19(28)22-10-17-23-18(25-29-17)12-6-7-21-16(27)8-12/h2-5,9,12H,6-8,10H2,1H3,(H,21,27)(H,22,28). The Labute approximate surface area is 165 Å². The van der Waals surface area contributed by atoms with Crippen molar-refractivity contribution in [2.45, 2.75) is 25.3 Å². The smallest absolute Gasteiger partial charge is 0.269 e. The molecule has 1 aliphatic rings. The molecule has 1 unspecified atom stereocenters. The molecule has 2 amide bonds. The summed E-state index contributed by atoms with van der Waals surface area (Å²) in [5.41, 5.74) is 1.61. The van der Waals surface area contributed by atoms with E-state index in [1.807, 2.05) is 0 Å². The molecular weight excluding hydrogens is 379 g/mol. The third-order valence-corrected chi connectivity index (χ3v) is 4.75. The molecule has 9 nitrogen and oxygen atoms in total. The lowest BCUT2D eigenvalue weighted by molar-refractivity contribution is -0.122. The van der Waals surface area contributed by atoms with Crippen LogP contribution in [0.25, 0.3) is 11.3 Å². The van der Waals surface area contributed by atoms with Crippen LogP contribution in [0.1, 0.15) is 41.0 Å². The van der Waals surface area contributed by atoms with Crippen LogP contribution in [0, 0.1) is 5.82 Å². The van der Waals surface area contributed by atoms with Crippen molar-refractivity contribution in [2.75, 3.05) is 6.54 Å². The van der Waals surface area contributed by atoms with Gasteiger partial charge >= 0.3 is 0 Å². The normalized spacial score (nSPS) is 16.5. The van der Waals surface area contributed by atoms with E-state index >= 15 is 0 Å². The van der Waals surface area contributed by atoms with Gasteiger partial charge in [0, 0.05) is 31.5 Å². The van der Waals surface area contributed by atoms with E-state index in [1.54, 1.807) is 25.2 Å². The summed E-state index contributed by atoms with van der Waals surface area (Å²) >= 11 is 0. The number of nitrogens with one attached hydrogen (secondary N) is 2. The van der Waals surface area contributed by atoms with Crippen molar-refractivity contribution in [1.29, 1.82) is 0 Å². The van der Waals surface area contributed by atoms with Crippen LogP contribution >= 0.6 is 0 Å². The Bertz CT molecular complexity index is 1040. The van der Waals surface area contributed by atoms with E-state index in [9.17, 15) is 14.0 Å². The molecule has 0 radical (unpaired) electrons. The summed E-state index contributed by atoms with van der Waals surface area (Å²) in [6, 6.07) is 7.51. The van der Waals surface area contributed by atoms with E-state index < -0.39 is 0 Å². The second-order valence-electron chi connectivity index (χ2n) is 6.81. The molecule has 0 bridgehead atoms. The van der Waals surface area contributed by atoms with Gasteiger partial charge in [-0.2, -0.15) is 10.1 Å². The Morgan fingerprint density at radius 3 is 2.93 bits per heavy atom. The number of halogens is 1. The van der Waals surface area contributed by atoms with Crippen molar-refractivity contribution in [3.05, 3.63) is 53.6 Å². The summed E-state index contributed by atoms with van der Waals surface area (Å²) in [7, 11) is 1.65. The van der Waals surface area contributed by atoms with Crippen molar-refractivity contribution in [1.82, 2.24) is 30.6 Å². The minimum absolute atomic E-state index is 0.0333. The number of rotatable bonds is 5. The van der Waals surface area contributed by atoms with Crippen LogP contribution in [-0.4, -0.2) is 38.3 Å². The van der Waals surface area contributed by atoms with Gasteiger partial charge in [-0.15, -0.1) is 0 Å². The zero-order valence-corrected chi connectivity index (χ0v) is 15.7. The summed E-state index contributed by atoms with van der Waals surface area (Å²) in [5, 5.41) is 13.7. The highest BCUT2D eigenvalue weighted by molar-refractivity contribution is 5.93. The van der Waals surface area contributed by atoms with E-state index in [-0.39, 0.29) is 36.0 Å². The van der Waals surface area contributed by atoms with Gasteiger partial charge in [-0.05, 0) is 36.8 Å². The van der Waals surface area contributed by atoms with Crippen LogP contribution in [-0.2, 0) is 18.4 Å². The Morgan fingerprint density at radius 2 is 2.17 bits per heavy atom. The number of amides is 2. The third kappa shape index (κ3) is 4.15. The molecule has 2 N–H and O–H groups in total. The van der Waals surface area contributed by atoms with Crippen molar-refractivity contribution >= 4 is 11.8 Å². The molecule has 0 aliphatic carbocycles. The molecule has 1 aliphatic heterocycles. The molecule has 10 heteroatoms. The van der Waals surface area contributed by atoms with Crippen LogP contribution in [0.2, 0.25) is 0 Å². The maximum Gasteiger partial charge on any atom is 0.269 e. The number of hydrogen-bond donors (Lipinski definition) is 2. The molecule has 29 heavy (non-hydrogen) atoms. The largest absolute Gasteiger partial charge is 0.356 e. The van der Waals surface area contributed by atoms with Gasteiger partial charge in [-0.1, -0.05) is 5.16 Å². The zero-order valence-electron chi connectivity index (χ0n) is 15.7. The van der Waals surface area contributed by atoms with Crippen molar-refractivity contribution < 1.29 is 18.5 Å². The molecule has 3 heterocycles. The van der Waals surface area contributed by atoms with Gasteiger partial charge in [0.25, 0.3) is 5.91 Å². The van der Waals surface area contributed by atoms with Gasteiger partial charge in [-0.25, -0.2) is 4.39 Å². The number of carbonyl (C=O) groups is 2. The van der Waals surface area contributed by atoms with Crippen LogP contribution in [0.5, 0.6) is 0 Å². The fourth-order valence-electron chi connectivity index (χ4n) is 3.20. The number of aryl methyl sites for hydroxylation is 1. The van der Waals surface area contributed by atoms with E-state index in [0.29, 0.717) is 35.7 Å². The minimum atomic E-state index is -0.356. The number of hydrogen-bond acceptors (Lipinski definition) is 6. The van der Waals surface area contributed by atoms with Crippen LogP contribution in [0.15, 0.2) is 34.9 Å². The summed E-state index contributed by atoms with van der Waals surface area (Å²) in [6.07, 6.45) is 1.07. The number of benzene rings is 1. The van der Waals surface area contributed by atoms with Crippen LogP contribution in [0.4, 0.5) is 4.39 Å². The van der Waals surface area contributed by atoms with Crippen molar-refractivity contribution in [3.8, 4) is 11.3 Å². The Hall–Kier alpha value is -3.56. The van der Waals surface area contributed by atoms with E-state index in [2.05, 4.69) is 25.9 Å². The molecule has 3 aromatic rings.